The molecule has 13 heteroatoms. The highest BCUT2D eigenvalue weighted by atomic mass is 32.3. The number of hydrogen-bond acceptors (Lipinski definition) is 10. The van der Waals surface area contributed by atoms with Crippen molar-refractivity contribution in [1.29, 1.82) is 0 Å². The van der Waals surface area contributed by atoms with Crippen molar-refractivity contribution < 1.29 is 47.1 Å². The van der Waals surface area contributed by atoms with E-state index in [9.17, 15) is 20.4 Å². The maximum atomic E-state index is 10.2. The lowest BCUT2D eigenvalue weighted by atomic mass is 10.1. The lowest BCUT2D eigenvalue weighted by Crippen LogP contribution is -2.33. The van der Waals surface area contributed by atoms with Crippen molar-refractivity contribution in [2.45, 2.75) is 27.7 Å². The predicted molar refractivity (Wildman–Crippen MR) is 198 cm³/mol. The molecule has 0 aliphatic rings. The third-order valence-electron chi connectivity index (χ3n) is 8.65. The number of phenols is 4. The molecule has 53 heavy (non-hydrogen) atoms. The van der Waals surface area contributed by atoms with Crippen molar-refractivity contribution in [3.63, 3.8) is 0 Å². The Balaban J connectivity index is 0.000000161. The molecule has 268 valence electrons. The zero-order valence-corrected chi connectivity index (χ0v) is 29.8. The highest BCUT2D eigenvalue weighted by molar-refractivity contribution is 7.79. The highest BCUT2D eigenvalue weighted by Gasteiger charge is 2.23. The number of hydrogen-bond donors (Lipinski definition) is 4. The number of fused-ring (bicyclic) bond motifs is 4. The van der Waals surface area contributed by atoms with Crippen LogP contribution in [0.25, 0.3) is 55.5 Å². The Morgan fingerprint density at radius 2 is 0.679 bits per heavy atom. The van der Waals surface area contributed by atoms with Gasteiger partial charge in [-0.1, -0.05) is 36.4 Å². The maximum Gasteiger partial charge on any atom is 0.241 e. The quantitative estimate of drug-likeness (QED) is 0.0704. The van der Waals surface area contributed by atoms with Crippen LogP contribution < -0.4 is 9.13 Å². The number of aromatic nitrogens is 4. The monoisotopic (exact) mass is 730 g/mol. The number of rotatable bonds is 2. The lowest BCUT2D eigenvalue weighted by Gasteiger charge is -2.08. The summed E-state index contributed by atoms with van der Waals surface area (Å²) >= 11 is 0. The van der Waals surface area contributed by atoms with Gasteiger partial charge in [0.25, 0.3) is 0 Å². The molecule has 2 aromatic heterocycles. The van der Waals surface area contributed by atoms with E-state index in [0.29, 0.717) is 0 Å². The zero-order valence-electron chi connectivity index (χ0n) is 29.0. The van der Waals surface area contributed by atoms with Crippen molar-refractivity contribution in [3.8, 4) is 34.4 Å². The zero-order chi connectivity index (χ0) is 38.2. The molecule has 0 unspecified atom stereocenters. The van der Waals surface area contributed by atoms with Crippen molar-refractivity contribution in [3.05, 3.63) is 131 Å². The van der Waals surface area contributed by atoms with Gasteiger partial charge in [0.2, 0.25) is 33.4 Å². The summed E-state index contributed by atoms with van der Waals surface area (Å²) in [4.78, 5) is 9.45. The fraction of sp³-hybridized carbons (Fsp3) is 0.100. The topological polar surface area (TPSA) is 195 Å². The van der Waals surface area contributed by atoms with Crippen LogP contribution >= 0.6 is 0 Å². The Kier molecular flexibility index (Phi) is 9.82. The lowest BCUT2D eigenvalue weighted by molar-refractivity contribution is -0.538. The molecule has 0 amide bonds. The minimum Gasteiger partial charge on any atom is -0.759 e. The molecule has 0 aliphatic heterocycles. The van der Waals surface area contributed by atoms with Gasteiger partial charge in [0.1, 0.15) is 45.1 Å². The molecule has 2 heterocycles. The minimum atomic E-state index is -5.17. The Labute approximate surface area is 304 Å². The fourth-order valence-electron chi connectivity index (χ4n) is 5.99. The Hall–Kier alpha value is -6.41. The number of para-hydroxylation sites is 2. The molecule has 4 N–H and O–H groups in total. The Morgan fingerprint density at radius 1 is 0.453 bits per heavy atom. The van der Waals surface area contributed by atoms with Gasteiger partial charge in [-0.15, -0.1) is 9.13 Å². The van der Waals surface area contributed by atoms with Gasteiger partial charge in [0.15, 0.2) is 0 Å². The summed E-state index contributed by atoms with van der Waals surface area (Å²) in [6, 6.07) is 34.1. The van der Waals surface area contributed by atoms with Crippen LogP contribution in [0.4, 0.5) is 0 Å². The second kappa shape index (κ2) is 14.3. The summed E-state index contributed by atoms with van der Waals surface area (Å²) in [5, 5.41) is 40.7. The van der Waals surface area contributed by atoms with Crippen LogP contribution in [0.2, 0.25) is 0 Å². The van der Waals surface area contributed by atoms with E-state index < -0.39 is 10.4 Å². The normalized spacial score (nSPS) is 11.3. The smallest absolute Gasteiger partial charge is 0.241 e. The molecule has 0 saturated carbocycles. The highest BCUT2D eigenvalue weighted by Crippen LogP contribution is 2.29. The van der Waals surface area contributed by atoms with Gasteiger partial charge < -0.3 is 29.5 Å². The third kappa shape index (κ3) is 7.77. The summed E-state index contributed by atoms with van der Waals surface area (Å²) in [5.41, 5.74) is 11.4. The summed E-state index contributed by atoms with van der Waals surface area (Å²) in [5.74, 6) is 0.906. The largest absolute Gasteiger partial charge is 0.759 e. The van der Waals surface area contributed by atoms with Crippen LogP contribution in [-0.4, -0.2) is 47.9 Å². The molecule has 0 atom stereocenters. The maximum absolute atomic E-state index is 10.2. The van der Waals surface area contributed by atoms with E-state index in [1.54, 1.807) is 24.3 Å². The fourth-order valence-corrected chi connectivity index (χ4v) is 5.99. The molecule has 12 nitrogen and oxygen atoms in total. The second-order valence-corrected chi connectivity index (χ2v) is 13.3. The van der Waals surface area contributed by atoms with E-state index in [1.807, 2.05) is 122 Å². The molecule has 8 rings (SSSR count). The summed E-state index contributed by atoms with van der Waals surface area (Å²) in [6.45, 7) is 7.43. The molecule has 0 radical (unpaired) electrons. The van der Waals surface area contributed by atoms with Gasteiger partial charge in [-0.05, 0) is 74.2 Å². The first kappa shape index (κ1) is 36.4. The van der Waals surface area contributed by atoms with Gasteiger partial charge in [-0.2, -0.15) is 0 Å². The third-order valence-corrected chi connectivity index (χ3v) is 8.65. The van der Waals surface area contributed by atoms with Crippen LogP contribution in [0.5, 0.6) is 23.0 Å². The molecule has 6 aromatic carbocycles. The first-order valence-electron chi connectivity index (χ1n) is 16.2. The molecular formula is C40H34N4O8S. The van der Waals surface area contributed by atoms with Gasteiger partial charge in [-0.25, -0.2) is 9.97 Å². The standard InChI is InChI=1S/2C20H16N2O2.H2O4S/c2*1-12-8-15-17(10-19(12)23)22(14-6-4-3-5-7-14)18-11-20(24)13(2)9-16(18)21-15;1-5(2,3)4/h2*3-11H,1-2H3,(H,23,24);(H2,1,2,3,4). The average molecular weight is 731 g/mol. The summed E-state index contributed by atoms with van der Waals surface area (Å²) in [6.07, 6.45) is 0. The van der Waals surface area contributed by atoms with E-state index in [-0.39, 0.29) is 23.0 Å². The Morgan fingerprint density at radius 3 is 0.906 bits per heavy atom. The van der Waals surface area contributed by atoms with Crippen LogP contribution in [0.1, 0.15) is 22.3 Å². The molecule has 0 bridgehead atoms. The van der Waals surface area contributed by atoms with Gasteiger partial charge in [-0.3, -0.25) is 8.42 Å². The summed E-state index contributed by atoms with van der Waals surface area (Å²) in [7, 11) is -5.17. The van der Waals surface area contributed by atoms with Gasteiger partial charge in [0, 0.05) is 34.7 Å². The van der Waals surface area contributed by atoms with Gasteiger partial charge >= 0.3 is 0 Å². The van der Waals surface area contributed by atoms with E-state index in [1.165, 1.54) is 0 Å². The minimum absolute atomic E-state index is 0.227. The molecule has 0 saturated heterocycles. The molecule has 0 spiro atoms. The van der Waals surface area contributed by atoms with Crippen LogP contribution in [0, 0.1) is 27.7 Å². The van der Waals surface area contributed by atoms with E-state index in [0.717, 1.165) is 77.8 Å². The van der Waals surface area contributed by atoms with E-state index >= 15 is 0 Å². The molecule has 8 aromatic rings. The summed E-state index contributed by atoms with van der Waals surface area (Å²) < 4.78 is 38.1. The first-order valence-corrected chi connectivity index (χ1v) is 17.6. The van der Waals surface area contributed by atoms with Gasteiger partial charge in [0.05, 0.1) is 24.3 Å². The number of aromatic hydroxyl groups is 4. The van der Waals surface area contributed by atoms with E-state index in [4.69, 9.17) is 27.5 Å². The second-order valence-electron chi connectivity index (χ2n) is 12.5. The van der Waals surface area contributed by atoms with Crippen molar-refractivity contribution in [2.75, 3.05) is 0 Å². The average Bonchev–Trinajstić information content (AvgIpc) is 3.10. The first-order chi connectivity index (χ1) is 25.1. The molecule has 0 fully saturated rings. The molecule has 0 aliphatic carbocycles. The van der Waals surface area contributed by atoms with Crippen LogP contribution in [0.15, 0.2) is 109 Å². The van der Waals surface area contributed by atoms with Crippen LogP contribution in [-0.2, 0) is 10.4 Å². The predicted octanol–water partition coefficient (Wildman–Crippen LogP) is 6.05. The number of aryl methyl sites for hydroxylation is 4. The van der Waals surface area contributed by atoms with E-state index in [2.05, 4.69) is 0 Å². The molecular weight excluding hydrogens is 697 g/mol. The Bertz CT molecular complexity index is 2480. The number of benzene rings is 6. The van der Waals surface area contributed by atoms with Crippen molar-refractivity contribution >= 4 is 54.5 Å². The number of nitrogens with zero attached hydrogens (tertiary/aromatic N) is 4. The van der Waals surface area contributed by atoms with Crippen molar-refractivity contribution in [2.24, 2.45) is 0 Å². The number of phenolic OH excluding ortho intramolecular Hbond substituents is 4. The SMILES string of the molecule is Cc1cc2nc3cc(C)c(O)cc3[n+](-c3ccccc3)c2cc1O.Cc1cc2nc3cc(C)c(O)cc3[n+](-c3ccccc3)c2cc1O.O=S(=O)([O-])[O-]. The van der Waals surface area contributed by atoms with Crippen molar-refractivity contribution in [1.82, 2.24) is 9.97 Å². The van der Waals surface area contributed by atoms with Crippen LogP contribution in [0.3, 0.4) is 0 Å².